The quantitative estimate of drug-likeness (QED) is 0.589. The average molecular weight is 430 g/mol. The molecule has 1 aromatic carbocycles. The molecule has 0 aliphatic rings. The molecule has 0 aromatic heterocycles. The Kier molecular flexibility index (Phi) is 10.1. The van der Waals surface area contributed by atoms with E-state index in [0.717, 1.165) is 12.8 Å². The Balaban J connectivity index is 3.09. The highest BCUT2D eigenvalue weighted by Gasteiger charge is 2.31. The summed E-state index contributed by atoms with van der Waals surface area (Å²) < 4.78 is 5.18. The fraction of sp³-hybridized carbons (Fsp3) is 0.542. The summed E-state index contributed by atoms with van der Waals surface area (Å²) in [5.41, 5.74) is 0.657. The summed E-state index contributed by atoms with van der Waals surface area (Å²) in [6, 6.07) is 6.11. The molecule has 2 atom stereocenters. The van der Waals surface area contributed by atoms with Gasteiger partial charge in [-0.05, 0) is 58.7 Å². The number of terminal acetylenes is 1. The molecule has 0 aliphatic carbocycles. The molecule has 2 unspecified atom stereocenters. The summed E-state index contributed by atoms with van der Waals surface area (Å²) in [4.78, 5) is 39.5. The number of benzene rings is 1. The normalized spacial score (nSPS) is 12.8. The van der Waals surface area contributed by atoms with E-state index < -0.39 is 23.6 Å². The maximum Gasteiger partial charge on any atom is 0.408 e. The number of rotatable bonds is 9. The molecule has 1 aromatic rings. The van der Waals surface area contributed by atoms with Crippen molar-refractivity contribution in [3.63, 3.8) is 0 Å². The first-order valence-corrected chi connectivity index (χ1v) is 10.7. The van der Waals surface area contributed by atoms with Crippen LogP contribution in [0.4, 0.5) is 4.79 Å². The predicted octanol–water partition coefficient (Wildman–Crippen LogP) is 3.39. The molecule has 7 nitrogen and oxygen atoms in total. The van der Waals surface area contributed by atoms with Crippen molar-refractivity contribution in [3.05, 3.63) is 35.4 Å². The molecular weight excluding hydrogens is 394 g/mol. The lowest BCUT2D eigenvalue weighted by Gasteiger charge is -2.31. The number of carbonyl (C=O) groups excluding carboxylic acids is 3. The maximum absolute atomic E-state index is 13.2. The van der Waals surface area contributed by atoms with E-state index in [1.54, 1.807) is 52.0 Å². The largest absolute Gasteiger partial charge is 0.444 e. The average Bonchev–Trinajstić information content (AvgIpc) is 2.69. The number of ether oxygens (including phenoxy) is 1. The molecule has 0 bridgehead atoms. The van der Waals surface area contributed by atoms with Crippen LogP contribution < -0.4 is 10.6 Å². The van der Waals surface area contributed by atoms with Gasteiger partial charge < -0.3 is 20.3 Å². The van der Waals surface area contributed by atoms with E-state index in [-0.39, 0.29) is 25.0 Å². The van der Waals surface area contributed by atoms with Gasteiger partial charge in [-0.2, -0.15) is 0 Å². The van der Waals surface area contributed by atoms with Crippen molar-refractivity contribution in [3.8, 4) is 12.3 Å². The minimum absolute atomic E-state index is 0.0290. The number of amides is 3. The van der Waals surface area contributed by atoms with Crippen molar-refractivity contribution >= 4 is 17.9 Å². The van der Waals surface area contributed by atoms with Crippen LogP contribution in [0.1, 0.15) is 71.6 Å². The first-order valence-electron chi connectivity index (χ1n) is 10.7. The number of nitrogens with zero attached hydrogens (tertiary/aromatic N) is 1. The summed E-state index contributed by atoms with van der Waals surface area (Å²) in [6.07, 6.45) is 6.51. The topological polar surface area (TPSA) is 87.7 Å². The van der Waals surface area contributed by atoms with Crippen molar-refractivity contribution in [2.75, 3.05) is 13.1 Å². The lowest BCUT2D eigenvalue weighted by atomic mass is 10.0. The van der Waals surface area contributed by atoms with Gasteiger partial charge in [0.2, 0.25) is 11.8 Å². The Morgan fingerprint density at radius 1 is 1.16 bits per heavy atom. The van der Waals surface area contributed by atoms with Crippen molar-refractivity contribution in [1.82, 2.24) is 15.5 Å². The second kappa shape index (κ2) is 12.0. The monoisotopic (exact) mass is 429 g/mol. The highest BCUT2D eigenvalue weighted by molar-refractivity contribution is 5.90. The first kappa shape index (κ1) is 26.0. The second-order valence-corrected chi connectivity index (χ2v) is 8.40. The number of hydrogen-bond donors (Lipinski definition) is 2. The van der Waals surface area contributed by atoms with Gasteiger partial charge in [-0.3, -0.25) is 9.59 Å². The molecule has 0 aliphatic heterocycles. The van der Waals surface area contributed by atoms with Crippen LogP contribution >= 0.6 is 0 Å². The SMILES string of the molecule is C#Cc1ccc(C(C(=O)NC(C)CCC)N(CC)C(=O)CNC(=O)OC(C)(C)C)cc1. The molecule has 0 saturated heterocycles. The number of carbonyl (C=O) groups is 3. The van der Waals surface area contributed by atoms with Crippen LogP contribution in [-0.2, 0) is 14.3 Å². The summed E-state index contributed by atoms with van der Waals surface area (Å²) in [5.74, 6) is 1.88. The Labute approximate surface area is 185 Å². The van der Waals surface area contributed by atoms with E-state index in [1.165, 1.54) is 4.90 Å². The van der Waals surface area contributed by atoms with Crippen molar-refractivity contribution in [2.24, 2.45) is 0 Å². The van der Waals surface area contributed by atoms with Gasteiger partial charge in [0.1, 0.15) is 18.2 Å². The molecular formula is C24H35N3O4. The molecule has 170 valence electrons. The Morgan fingerprint density at radius 3 is 2.26 bits per heavy atom. The number of nitrogens with one attached hydrogen (secondary N) is 2. The van der Waals surface area contributed by atoms with E-state index in [2.05, 4.69) is 16.6 Å². The van der Waals surface area contributed by atoms with E-state index in [9.17, 15) is 14.4 Å². The third kappa shape index (κ3) is 8.71. The molecule has 0 radical (unpaired) electrons. The smallest absolute Gasteiger partial charge is 0.408 e. The molecule has 0 fully saturated rings. The third-order valence-corrected chi connectivity index (χ3v) is 4.51. The predicted molar refractivity (Wildman–Crippen MR) is 121 cm³/mol. The van der Waals surface area contributed by atoms with Crippen LogP contribution in [0.3, 0.4) is 0 Å². The van der Waals surface area contributed by atoms with Gasteiger partial charge in [0.25, 0.3) is 0 Å². The number of likely N-dealkylation sites (N-methyl/N-ethyl adjacent to an activating group) is 1. The van der Waals surface area contributed by atoms with Gasteiger partial charge in [0.15, 0.2) is 0 Å². The van der Waals surface area contributed by atoms with Crippen LogP contribution in [0, 0.1) is 12.3 Å². The molecule has 31 heavy (non-hydrogen) atoms. The van der Waals surface area contributed by atoms with Gasteiger partial charge in [0.05, 0.1) is 0 Å². The lowest BCUT2D eigenvalue weighted by Crippen LogP contribution is -2.49. The van der Waals surface area contributed by atoms with Crippen molar-refractivity contribution in [2.45, 2.75) is 72.1 Å². The molecule has 7 heteroatoms. The summed E-state index contributed by atoms with van der Waals surface area (Å²) in [6.45, 7) is 11.0. The molecule has 0 saturated carbocycles. The standard InChI is InChI=1S/C24H35N3O4/c1-8-11-17(4)26-22(29)21(19-14-12-18(9-2)13-15-19)27(10-3)20(28)16-25-23(30)31-24(5,6)7/h2,12-15,17,21H,8,10-11,16H2,1,3-7H3,(H,25,30)(H,26,29). The van der Waals surface area contributed by atoms with Gasteiger partial charge in [-0.15, -0.1) is 6.42 Å². The van der Waals surface area contributed by atoms with Gasteiger partial charge in [-0.25, -0.2) is 4.79 Å². The molecule has 1 rings (SSSR count). The zero-order chi connectivity index (χ0) is 23.6. The zero-order valence-electron chi connectivity index (χ0n) is 19.5. The van der Waals surface area contributed by atoms with E-state index in [1.807, 2.05) is 13.8 Å². The second-order valence-electron chi connectivity index (χ2n) is 8.40. The van der Waals surface area contributed by atoms with Crippen LogP contribution in [-0.4, -0.2) is 47.5 Å². The Morgan fingerprint density at radius 2 is 1.77 bits per heavy atom. The van der Waals surface area contributed by atoms with Crippen LogP contribution in [0.2, 0.25) is 0 Å². The molecule has 0 spiro atoms. The Hall–Kier alpha value is -3.01. The highest BCUT2D eigenvalue weighted by atomic mass is 16.6. The van der Waals surface area contributed by atoms with Crippen LogP contribution in [0.25, 0.3) is 0 Å². The highest BCUT2D eigenvalue weighted by Crippen LogP contribution is 2.22. The first-order chi connectivity index (χ1) is 14.5. The van der Waals surface area contributed by atoms with E-state index in [4.69, 9.17) is 11.2 Å². The number of alkyl carbamates (subject to hydrolysis) is 1. The fourth-order valence-corrected chi connectivity index (χ4v) is 3.13. The molecule has 2 N–H and O–H groups in total. The zero-order valence-corrected chi connectivity index (χ0v) is 19.5. The molecule has 3 amide bonds. The van der Waals surface area contributed by atoms with Gasteiger partial charge >= 0.3 is 6.09 Å². The van der Waals surface area contributed by atoms with E-state index in [0.29, 0.717) is 11.1 Å². The van der Waals surface area contributed by atoms with Crippen molar-refractivity contribution in [1.29, 1.82) is 0 Å². The molecule has 0 heterocycles. The Bertz CT molecular complexity index is 791. The summed E-state index contributed by atoms with van der Waals surface area (Å²) >= 11 is 0. The minimum Gasteiger partial charge on any atom is -0.444 e. The lowest BCUT2D eigenvalue weighted by molar-refractivity contribution is -0.140. The summed E-state index contributed by atoms with van der Waals surface area (Å²) in [7, 11) is 0. The van der Waals surface area contributed by atoms with Crippen LogP contribution in [0.5, 0.6) is 0 Å². The third-order valence-electron chi connectivity index (χ3n) is 4.51. The fourth-order valence-electron chi connectivity index (χ4n) is 3.13. The van der Waals surface area contributed by atoms with E-state index >= 15 is 0 Å². The summed E-state index contributed by atoms with van der Waals surface area (Å²) in [5, 5.41) is 5.46. The van der Waals surface area contributed by atoms with Crippen molar-refractivity contribution < 1.29 is 19.1 Å². The van der Waals surface area contributed by atoms with Gasteiger partial charge in [-0.1, -0.05) is 31.4 Å². The minimum atomic E-state index is -0.843. The number of hydrogen-bond acceptors (Lipinski definition) is 4. The maximum atomic E-state index is 13.2. The van der Waals surface area contributed by atoms with Gasteiger partial charge in [0, 0.05) is 18.2 Å². The van der Waals surface area contributed by atoms with Crippen LogP contribution in [0.15, 0.2) is 24.3 Å².